The molecule has 0 saturated carbocycles. The molecular weight excluding hydrogens is 687 g/mol. The standard InChI is InChI=1S/C44H51N9O2/c1-6-22-52(40(54)24-29(2)3)27-39-46-25-36(49-39)33-18-14-31(15-19-33)32-16-20-34(21-17-32)37-26-47-43(50-37)38-13-10-23-53(38)44(55)41(30(4)5)51-42(48-28-45)35-11-8-7-9-12-35/h7-9,11-12,14-21,25-26,29-30,38,41H,6,10,13,22-24,27H2,1-5H3,(H,46,49)(H,47,50)(H,48,51). The molecule has 2 atom stereocenters. The molecule has 0 radical (unpaired) electrons. The number of carbonyl (C=O) groups excluding carboxylic acids is 2. The van der Waals surface area contributed by atoms with Gasteiger partial charge >= 0.3 is 0 Å². The van der Waals surface area contributed by atoms with E-state index in [2.05, 4.69) is 89.6 Å². The summed E-state index contributed by atoms with van der Waals surface area (Å²) >= 11 is 0. The highest BCUT2D eigenvalue weighted by molar-refractivity contribution is 6.01. The van der Waals surface area contributed by atoms with Gasteiger partial charge in [0.1, 0.15) is 23.5 Å². The molecular formula is C44H51N9O2. The molecule has 284 valence electrons. The Morgan fingerprint density at radius 1 is 0.909 bits per heavy atom. The van der Waals surface area contributed by atoms with Crippen molar-refractivity contribution in [2.45, 2.75) is 78.9 Å². The van der Waals surface area contributed by atoms with E-state index in [1.165, 1.54) is 0 Å². The Kier molecular flexibility index (Phi) is 12.6. The number of imidazole rings is 2. The SMILES string of the molecule is CCCN(Cc1ncc(-c2ccc(-c3ccc(-c4cnc(C5CCCN5C(=O)C(N=C(NC#N)c5ccccc5)C(C)C)[nH]4)cc3)cc2)[nH]1)C(=O)CC(C)C. The van der Waals surface area contributed by atoms with Crippen molar-refractivity contribution >= 4 is 17.6 Å². The molecule has 11 heteroatoms. The van der Waals surface area contributed by atoms with E-state index in [9.17, 15) is 14.9 Å². The first-order valence-corrected chi connectivity index (χ1v) is 19.3. The van der Waals surface area contributed by atoms with Crippen molar-refractivity contribution in [3.8, 4) is 39.8 Å². The summed E-state index contributed by atoms with van der Waals surface area (Å²) in [5.41, 5.74) is 6.78. The molecule has 3 heterocycles. The minimum Gasteiger partial charge on any atom is -0.341 e. The maximum Gasteiger partial charge on any atom is 0.248 e. The Morgan fingerprint density at radius 2 is 1.53 bits per heavy atom. The highest BCUT2D eigenvalue weighted by atomic mass is 16.2. The van der Waals surface area contributed by atoms with Gasteiger partial charge < -0.3 is 19.8 Å². The molecule has 11 nitrogen and oxygen atoms in total. The summed E-state index contributed by atoms with van der Waals surface area (Å²) in [5.74, 6) is 2.26. The number of amides is 2. The van der Waals surface area contributed by atoms with Crippen LogP contribution in [-0.2, 0) is 16.1 Å². The van der Waals surface area contributed by atoms with Crippen molar-refractivity contribution < 1.29 is 9.59 Å². The van der Waals surface area contributed by atoms with Gasteiger partial charge in [0.25, 0.3) is 0 Å². The number of nitrogens with one attached hydrogen (secondary N) is 3. The van der Waals surface area contributed by atoms with E-state index < -0.39 is 6.04 Å². The van der Waals surface area contributed by atoms with Crippen molar-refractivity contribution in [1.82, 2.24) is 35.1 Å². The maximum absolute atomic E-state index is 14.1. The van der Waals surface area contributed by atoms with Crippen LogP contribution in [0.5, 0.6) is 0 Å². The minimum absolute atomic E-state index is 0.0702. The number of aromatic amines is 2. The van der Waals surface area contributed by atoms with Gasteiger partial charge in [-0.2, -0.15) is 5.26 Å². The summed E-state index contributed by atoms with van der Waals surface area (Å²) in [4.78, 5) is 51.6. The molecule has 0 bridgehead atoms. The van der Waals surface area contributed by atoms with Crippen molar-refractivity contribution in [1.29, 1.82) is 5.26 Å². The molecule has 55 heavy (non-hydrogen) atoms. The van der Waals surface area contributed by atoms with Crippen LogP contribution in [0.3, 0.4) is 0 Å². The zero-order chi connectivity index (χ0) is 38.9. The molecule has 5 aromatic rings. The van der Waals surface area contributed by atoms with Crippen LogP contribution in [0, 0.1) is 23.3 Å². The number of rotatable bonds is 14. The number of hydrogen-bond donors (Lipinski definition) is 3. The van der Waals surface area contributed by atoms with Crippen LogP contribution >= 0.6 is 0 Å². The first kappa shape index (κ1) is 38.7. The highest BCUT2D eigenvalue weighted by Crippen LogP contribution is 2.34. The van der Waals surface area contributed by atoms with E-state index in [1.54, 1.807) is 0 Å². The number of hydrogen-bond acceptors (Lipinski definition) is 6. The van der Waals surface area contributed by atoms with Gasteiger partial charge in [-0.1, -0.05) is 113 Å². The lowest BCUT2D eigenvalue weighted by Gasteiger charge is -2.28. The Labute approximate surface area is 323 Å². The van der Waals surface area contributed by atoms with Crippen LogP contribution in [0.15, 0.2) is 96.2 Å². The molecule has 1 aliphatic heterocycles. The van der Waals surface area contributed by atoms with E-state index in [0.717, 1.165) is 70.1 Å². The van der Waals surface area contributed by atoms with Gasteiger partial charge in [0.15, 0.2) is 6.19 Å². The van der Waals surface area contributed by atoms with Crippen LogP contribution < -0.4 is 5.32 Å². The summed E-state index contributed by atoms with van der Waals surface area (Å²) < 4.78 is 0. The third-order valence-electron chi connectivity index (χ3n) is 9.94. The van der Waals surface area contributed by atoms with E-state index >= 15 is 0 Å². The summed E-state index contributed by atoms with van der Waals surface area (Å²) in [6.07, 6.45) is 8.76. The number of benzene rings is 3. The van der Waals surface area contributed by atoms with Crippen LogP contribution in [0.4, 0.5) is 0 Å². The molecule has 1 aliphatic rings. The second-order valence-electron chi connectivity index (χ2n) is 15.0. The number of amidine groups is 1. The monoisotopic (exact) mass is 737 g/mol. The maximum atomic E-state index is 14.1. The zero-order valence-electron chi connectivity index (χ0n) is 32.4. The fourth-order valence-electron chi connectivity index (χ4n) is 7.09. The van der Waals surface area contributed by atoms with Gasteiger partial charge in [0, 0.05) is 25.1 Å². The average molecular weight is 738 g/mol. The molecule has 1 fully saturated rings. The van der Waals surface area contributed by atoms with E-state index in [0.29, 0.717) is 37.8 Å². The second kappa shape index (κ2) is 17.9. The van der Waals surface area contributed by atoms with Crippen molar-refractivity contribution in [2.75, 3.05) is 13.1 Å². The Morgan fingerprint density at radius 3 is 2.13 bits per heavy atom. The number of nitriles is 1. The Hall–Kier alpha value is -6.02. The summed E-state index contributed by atoms with van der Waals surface area (Å²) in [6, 6.07) is 25.3. The second-order valence-corrected chi connectivity index (χ2v) is 15.0. The minimum atomic E-state index is -0.655. The van der Waals surface area contributed by atoms with Gasteiger partial charge in [0.2, 0.25) is 11.8 Å². The van der Waals surface area contributed by atoms with E-state index in [-0.39, 0.29) is 23.8 Å². The number of carbonyl (C=O) groups is 2. The van der Waals surface area contributed by atoms with Crippen LogP contribution in [0.1, 0.15) is 83.6 Å². The van der Waals surface area contributed by atoms with Crippen LogP contribution in [-0.4, -0.2) is 66.5 Å². The predicted molar refractivity (Wildman–Crippen MR) is 216 cm³/mol. The largest absolute Gasteiger partial charge is 0.341 e. The number of H-pyrrole nitrogens is 2. The predicted octanol–water partition coefficient (Wildman–Crippen LogP) is 8.12. The molecule has 2 unspecified atom stereocenters. The van der Waals surface area contributed by atoms with Gasteiger partial charge in [0.05, 0.1) is 36.4 Å². The summed E-state index contributed by atoms with van der Waals surface area (Å²) in [6.45, 7) is 12.0. The summed E-state index contributed by atoms with van der Waals surface area (Å²) in [5, 5.41) is 12.1. The average Bonchev–Trinajstić information content (AvgIpc) is 3.98. The van der Waals surface area contributed by atoms with Gasteiger partial charge in [-0.15, -0.1) is 0 Å². The van der Waals surface area contributed by atoms with Gasteiger partial charge in [-0.05, 0) is 53.4 Å². The molecule has 3 aromatic carbocycles. The molecule has 3 N–H and O–H groups in total. The van der Waals surface area contributed by atoms with Crippen molar-refractivity contribution in [3.63, 3.8) is 0 Å². The number of aliphatic imine (C=N–C) groups is 1. The van der Waals surface area contributed by atoms with Crippen molar-refractivity contribution in [2.24, 2.45) is 16.8 Å². The molecule has 6 rings (SSSR count). The highest BCUT2D eigenvalue weighted by Gasteiger charge is 2.37. The van der Waals surface area contributed by atoms with Crippen molar-refractivity contribution in [3.05, 3.63) is 108 Å². The van der Waals surface area contributed by atoms with Gasteiger partial charge in [-0.3, -0.25) is 19.9 Å². The number of aromatic nitrogens is 4. The third kappa shape index (κ3) is 9.38. The lowest BCUT2D eigenvalue weighted by molar-refractivity contribution is -0.134. The Balaban J connectivity index is 1.12. The van der Waals surface area contributed by atoms with Crippen LogP contribution in [0.25, 0.3) is 33.6 Å². The van der Waals surface area contributed by atoms with E-state index in [1.807, 2.05) is 72.6 Å². The zero-order valence-corrected chi connectivity index (χ0v) is 32.4. The summed E-state index contributed by atoms with van der Waals surface area (Å²) in [7, 11) is 0. The number of nitrogens with zero attached hydrogens (tertiary/aromatic N) is 6. The molecule has 0 spiro atoms. The topological polar surface area (TPSA) is 146 Å². The quantitative estimate of drug-likeness (QED) is 0.0454. The smallest absolute Gasteiger partial charge is 0.248 e. The first-order valence-electron chi connectivity index (χ1n) is 19.3. The normalized spacial score (nSPS) is 15.0. The molecule has 2 amide bonds. The van der Waals surface area contributed by atoms with E-state index in [4.69, 9.17) is 9.98 Å². The number of likely N-dealkylation sites (tertiary alicyclic amines) is 1. The first-order chi connectivity index (χ1) is 26.6. The molecule has 2 aromatic heterocycles. The molecule has 1 saturated heterocycles. The lowest BCUT2D eigenvalue weighted by Crippen LogP contribution is -2.41. The fourth-order valence-corrected chi connectivity index (χ4v) is 7.09. The van der Waals surface area contributed by atoms with Crippen LogP contribution in [0.2, 0.25) is 0 Å². The lowest BCUT2D eigenvalue weighted by atomic mass is 10.0. The molecule has 0 aliphatic carbocycles. The fraction of sp³-hybridized carbons (Fsp3) is 0.364. The van der Waals surface area contributed by atoms with Gasteiger partial charge in [-0.25, -0.2) is 9.97 Å². The third-order valence-corrected chi connectivity index (χ3v) is 9.94. The Bertz CT molecular complexity index is 2110.